The van der Waals surface area contributed by atoms with Crippen LogP contribution in [-0.4, -0.2) is 15.5 Å². The van der Waals surface area contributed by atoms with Crippen LogP contribution in [-0.2, 0) is 4.79 Å². The van der Waals surface area contributed by atoms with Crippen LogP contribution in [0.3, 0.4) is 0 Å². The number of aromatic nitrogens is 2. The van der Waals surface area contributed by atoms with Crippen molar-refractivity contribution in [3.63, 3.8) is 0 Å². The van der Waals surface area contributed by atoms with Crippen molar-refractivity contribution in [2.24, 2.45) is 0 Å². The molecule has 0 spiro atoms. The second-order valence-corrected chi connectivity index (χ2v) is 5.49. The number of hydrogen-bond acceptors (Lipinski definition) is 3. The van der Waals surface area contributed by atoms with Crippen LogP contribution >= 0.6 is 0 Å². The Morgan fingerprint density at radius 2 is 2.00 bits per heavy atom. The summed E-state index contributed by atoms with van der Waals surface area (Å²) in [5.41, 5.74) is 0.407. The molecule has 0 radical (unpaired) electrons. The molecule has 0 bridgehead atoms. The minimum absolute atomic E-state index is 0.0185. The molecule has 0 saturated heterocycles. The third kappa shape index (κ3) is 2.49. The molecule has 1 aliphatic carbocycles. The fraction of sp³-hybridized carbons (Fsp3) is 0.400. The number of hydrogen-bond donors (Lipinski definition) is 2. The van der Waals surface area contributed by atoms with Gasteiger partial charge in [0.25, 0.3) is 5.56 Å². The van der Waals surface area contributed by atoms with Crippen molar-refractivity contribution in [3.8, 4) is 0 Å². The van der Waals surface area contributed by atoms with E-state index in [4.69, 9.17) is 0 Å². The van der Waals surface area contributed by atoms with E-state index >= 15 is 0 Å². The molecule has 1 aromatic heterocycles. The summed E-state index contributed by atoms with van der Waals surface area (Å²) in [6, 6.07) is 4.90. The van der Waals surface area contributed by atoms with Crippen LogP contribution in [0, 0.1) is 0 Å². The highest BCUT2D eigenvalue weighted by atomic mass is 16.2. The molecular formula is C15H17N3O3. The normalized spacial score (nSPS) is 15.5. The first-order valence-electron chi connectivity index (χ1n) is 7.12. The lowest BCUT2D eigenvalue weighted by molar-refractivity contribution is -0.114. The van der Waals surface area contributed by atoms with Gasteiger partial charge in [0.2, 0.25) is 5.91 Å². The Hall–Kier alpha value is -2.37. The number of aromatic amines is 1. The topological polar surface area (TPSA) is 84.0 Å². The average molecular weight is 287 g/mol. The van der Waals surface area contributed by atoms with Crippen LogP contribution in [0.2, 0.25) is 0 Å². The minimum Gasteiger partial charge on any atom is -0.326 e. The summed E-state index contributed by atoms with van der Waals surface area (Å²) in [6.07, 6.45) is 3.81. The van der Waals surface area contributed by atoms with Gasteiger partial charge >= 0.3 is 5.69 Å². The molecule has 2 aromatic rings. The lowest BCUT2D eigenvalue weighted by atomic mass is 10.2. The van der Waals surface area contributed by atoms with E-state index in [1.54, 1.807) is 18.2 Å². The van der Waals surface area contributed by atoms with E-state index in [0.29, 0.717) is 16.6 Å². The second-order valence-electron chi connectivity index (χ2n) is 5.49. The molecule has 0 atom stereocenters. The van der Waals surface area contributed by atoms with Crippen LogP contribution in [0.25, 0.3) is 10.9 Å². The summed E-state index contributed by atoms with van der Waals surface area (Å²) in [6.45, 7) is 1.41. The molecule has 0 aliphatic heterocycles. The van der Waals surface area contributed by atoms with Crippen LogP contribution in [0.4, 0.5) is 5.69 Å². The predicted octanol–water partition coefficient (Wildman–Crippen LogP) is 1.76. The molecule has 6 nitrogen and oxygen atoms in total. The molecule has 110 valence electrons. The lowest BCUT2D eigenvalue weighted by Crippen LogP contribution is -2.37. The Kier molecular flexibility index (Phi) is 3.37. The monoisotopic (exact) mass is 287 g/mol. The van der Waals surface area contributed by atoms with Crippen LogP contribution < -0.4 is 16.6 Å². The Morgan fingerprint density at radius 1 is 1.29 bits per heavy atom. The van der Waals surface area contributed by atoms with E-state index in [1.165, 1.54) is 11.5 Å². The highest BCUT2D eigenvalue weighted by Gasteiger charge is 2.21. The lowest BCUT2D eigenvalue weighted by Gasteiger charge is -2.13. The minimum atomic E-state index is -0.355. The predicted molar refractivity (Wildman–Crippen MR) is 80.6 cm³/mol. The zero-order chi connectivity index (χ0) is 15.0. The number of benzene rings is 1. The van der Waals surface area contributed by atoms with Gasteiger partial charge in [-0.05, 0) is 31.0 Å². The Bertz CT molecular complexity index is 813. The maximum atomic E-state index is 12.6. The van der Waals surface area contributed by atoms with Crippen molar-refractivity contribution >= 4 is 22.5 Å². The molecule has 1 amide bonds. The SMILES string of the molecule is CC(=O)Nc1ccc2[nH]c(=O)n(C3CCCC3)c(=O)c2c1. The number of carbonyl (C=O) groups is 1. The fourth-order valence-corrected chi connectivity index (χ4v) is 3.00. The number of rotatable bonds is 2. The Morgan fingerprint density at radius 3 is 2.67 bits per heavy atom. The third-order valence-corrected chi connectivity index (χ3v) is 3.94. The molecule has 2 N–H and O–H groups in total. The number of H-pyrrole nitrogens is 1. The highest BCUT2D eigenvalue weighted by molar-refractivity contribution is 5.91. The van der Waals surface area contributed by atoms with Gasteiger partial charge in [-0.15, -0.1) is 0 Å². The number of fused-ring (bicyclic) bond motifs is 1. The summed E-state index contributed by atoms with van der Waals surface area (Å²) in [4.78, 5) is 38.6. The summed E-state index contributed by atoms with van der Waals surface area (Å²) in [5.74, 6) is -0.199. The maximum Gasteiger partial charge on any atom is 0.329 e. The molecule has 1 aliphatic rings. The van der Waals surface area contributed by atoms with Crippen molar-refractivity contribution in [2.75, 3.05) is 5.32 Å². The van der Waals surface area contributed by atoms with E-state index in [-0.39, 0.29) is 23.2 Å². The van der Waals surface area contributed by atoms with Gasteiger partial charge in [-0.1, -0.05) is 12.8 Å². The van der Waals surface area contributed by atoms with E-state index in [1.807, 2.05) is 0 Å². The molecule has 21 heavy (non-hydrogen) atoms. The Balaban J connectivity index is 2.18. The van der Waals surface area contributed by atoms with Gasteiger partial charge in [-0.2, -0.15) is 0 Å². The quantitative estimate of drug-likeness (QED) is 0.882. The summed E-state index contributed by atoms with van der Waals surface area (Å²) in [7, 11) is 0. The molecule has 1 fully saturated rings. The van der Waals surface area contributed by atoms with Crippen molar-refractivity contribution in [1.29, 1.82) is 0 Å². The van der Waals surface area contributed by atoms with Crippen LogP contribution in [0.5, 0.6) is 0 Å². The van der Waals surface area contributed by atoms with E-state index < -0.39 is 0 Å². The fourth-order valence-electron chi connectivity index (χ4n) is 3.00. The number of nitrogens with one attached hydrogen (secondary N) is 2. The number of nitrogens with zero attached hydrogens (tertiary/aromatic N) is 1. The number of anilines is 1. The van der Waals surface area contributed by atoms with Crippen LogP contribution in [0.15, 0.2) is 27.8 Å². The molecule has 1 aromatic carbocycles. The largest absolute Gasteiger partial charge is 0.329 e. The maximum absolute atomic E-state index is 12.6. The second kappa shape index (κ2) is 5.20. The third-order valence-electron chi connectivity index (χ3n) is 3.94. The van der Waals surface area contributed by atoms with Crippen LogP contribution in [0.1, 0.15) is 38.6 Å². The van der Waals surface area contributed by atoms with Crippen molar-refractivity contribution in [3.05, 3.63) is 39.0 Å². The smallest absolute Gasteiger partial charge is 0.326 e. The van der Waals surface area contributed by atoms with Crippen molar-refractivity contribution < 1.29 is 4.79 Å². The standard InChI is InChI=1S/C15H17N3O3/c1-9(19)16-10-6-7-13-12(8-10)14(20)18(15(21)17-13)11-4-2-3-5-11/h6-8,11H,2-5H2,1H3,(H,16,19)(H,17,21). The first kappa shape index (κ1) is 13.6. The van der Waals surface area contributed by atoms with Gasteiger partial charge in [0.1, 0.15) is 0 Å². The highest BCUT2D eigenvalue weighted by Crippen LogP contribution is 2.27. The first-order chi connectivity index (χ1) is 10.1. The van der Waals surface area contributed by atoms with Crippen molar-refractivity contribution in [1.82, 2.24) is 9.55 Å². The van der Waals surface area contributed by atoms with Gasteiger partial charge in [0, 0.05) is 18.7 Å². The summed E-state index contributed by atoms with van der Waals surface area (Å²) in [5, 5.41) is 3.07. The van der Waals surface area contributed by atoms with Crippen molar-refractivity contribution in [2.45, 2.75) is 38.6 Å². The van der Waals surface area contributed by atoms with Gasteiger partial charge in [-0.25, -0.2) is 4.79 Å². The molecule has 1 heterocycles. The van der Waals surface area contributed by atoms with Gasteiger partial charge in [0.05, 0.1) is 10.9 Å². The molecule has 3 rings (SSSR count). The number of amides is 1. The molecule has 0 unspecified atom stereocenters. The van der Waals surface area contributed by atoms with E-state index in [2.05, 4.69) is 10.3 Å². The average Bonchev–Trinajstić information content (AvgIpc) is 2.93. The van der Waals surface area contributed by atoms with Gasteiger partial charge < -0.3 is 10.3 Å². The first-order valence-corrected chi connectivity index (χ1v) is 7.12. The zero-order valence-electron chi connectivity index (χ0n) is 11.8. The summed E-state index contributed by atoms with van der Waals surface area (Å²) < 4.78 is 1.33. The molecular weight excluding hydrogens is 270 g/mol. The van der Waals surface area contributed by atoms with E-state index in [9.17, 15) is 14.4 Å². The summed E-state index contributed by atoms with van der Waals surface area (Å²) >= 11 is 0. The number of carbonyl (C=O) groups excluding carboxylic acids is 1. The molecule has 1 saturated carbocycles. The Labute approximate surface area is 120 Å². The van der Waals surface area contributed by atoms with E-state index in [0.717, 1.165) is 25.7 Å². The zero-order valence-corrected chi connectivity index (χ0v) is 11.8. The van der Waals surface area contributed by atoms with Gasteiger partial charge in [0.15, 0.2) is 0 Å². The molecule has 6 heteroatoms. The van der Waals surface area contributed by atoms with Gasteiger partial charge in [-0.3, -0.25) is 14.2 Å².